The molecule has 0 saturated carbocycles. The van der Waals surface area contributed by atoms with Crippen molar-refractivity contribution in [1.29, 1.82) is 0 Å². The Hall–Kier alpha value is -3.02. The van der Waals surface area contributed by atoms with Crippen molar-refractivity contribution in [2.24, 2.45) is 0 Å². The smallest absolute Gasteiger partial charge is 0.262 e. The van der Waals surface area contributed by atoms with Gasteiger partial charge in [-0.15, -0.1) is 0 Å². The number of hydrogen-bond acceptors (Lipinski definition) is 4. The first-order valence-corrected chi connectivity index (χ1v) is 9.03. The average molecular weight is 368 g/mol. The van der Waals surface area contributed by atoms with E-state index in [4.69, 9.17) is 9.47 Å². The summed E-state index contributed by atoms with van der Waals surface area (Å²) < 4.78 is 10.8. The van der Waals surface area contributed by atoms with Crippen LogP contribution in [0, 0.1) is 6.92 Å². The van der Waals surface area contributed by atoms with Crippen molar-refractivity contribution in [3.05, 3.63) is 53.6 Å². The number of aryl methyl sites for hydroxylation is 1. The molecule has 1 aliphatic heterocycles. The molecule has 0 radical (unpaired) electrons. The molecule has 0 unspecified atom stereocenters. The number of amides is 2. The molecular formula is C21H24N2O4. The molecule has 0 aliphatic carbocycles. The monoisotopic (exact) mass is 368 g/mol. The summed E-state index contributed by atoms with van der Waals surface area (Å²) in [7, 11) is 1.56. The highest BCUT2D eigenvalue weighted by Gasteiger charge is 2.19. The second-order valence-corrected chi connectivity index (χ2v) is 6.57. The Morgan fingerprint density at radius 1 is 1.07 bits per heavy atom. The number of ether oxygens (including phenoxy) is 2. The quantitative estimate of drug-likeness (QED) is 0.850. The van der Waals surface area contributed by atoms with Crippen LogP contribution in [0.3, 0.4) is 0 Å². The first kappa shape index (κ1) is 18.8. The number of nitrogens with zero attached hydrogens (tertiary/aromatic N) is 1. The molecule has 1 N–H and O–H groups in total. The lowest BCUT2D eigenvalue weighted by atomic mass is 10.1. The molecular weight excluding hydrogens is 344 g/mol. The van der Waals surface area contributed by atoms with Gasteiger partial charge in [0.1, 0.15) is 0 Å². The summed E-state index contributed by atoms with van der Waals surface area (Å²) in [6.45, 7) is 3.39. The molecule has 3 rings (SSSR count). The van der Waals surface area contributed by atoms with Crippen molar-refractivity contribution >= 4 is 17.5 Å². The van der Waals surface area contributed by atoms with Crippen LogP contribution in [-0.4, -0.2) is 43.5 Å². The van der Waals surface area contributed by atoms with E-state index in [2.05, 4.69) is 5.32 Å². The van der Waals surface area contributed by atoms with Crippen molar-refractivity contribution in [1.82, 2.24) is 4.90 Å². The van der Waals surface area contributed by atoms with E-state index in [1.54, 1.807) is 37.4 Å². The zero-order valence-corrected chi connectivity index (χ0v) is 15.7. The molecule has 142 valence electrons. The van der Waals surface area contributed by atoms with Gasteiger partial charge < -0.3 is 19.7 Å². The molecule has 27 heavy (non-hydrogen) atoms. The number of likely N-dealkylation sites (tertiary alicyclic amines) is 1. The van der Waals surface area contributed by atoms with Gasteiger partial charge in [0.25, 0.3) is 11.8 Å². The molecule has 6 heteroatoms. The number of carbonyl (C=O) groups is 2. The van der Waals surface area contributed by atoms with Crippen molar-refractivity contribution in [3.63, 3.8) is 0 Å². The van der Waals surface area contributed by atoms with E-state index in [1.807, 2.05) is 24.0 Å². The molecule has 2 aromatic rings. The number of nitrogens with one attached hydrogen (secondary N) is 1. The van der Waals surface area contributed by atoms with Crippen molar-refractivity contribution < 1.29 is 19.1 Å². The van der Waals surface area contributed by atoms with E-state index in [0.29, 0.717) is 22.7 Å². The van der Waals surface area contributed by atoms with Gasteiger partial charge in [-0.25, -0.2) is 0 Å². The van der Waals surface area contributed by atoms with Crippen LogP contribution in [0.5, 0.6) is 11.5 Å². The zero-order chi connectivity index (χ0) is 19.2. The van der Waals surface area contributed by atoms with Crippen LogP contribution in [-0.2, 0) is 4.79 Å². The van der Waals surface area contributed by atoms with E-state index in [-0.39, 0.29) is 18.4 Å². The van der Waals surface area contributed by atoms with Crippen LogP contribution in [0.25, 0.3) is 0 Å². The third-order valence-electron chi connectivity index (χ3n) is 4.46. The summed E-state index contributed by atoms with van der Waals surface area (Å²) in [5, 5.41) is 2.77. The summed E-state index contributed by atoms with van der Waals surface area (Å²) in [5.74, 6) is 0.796. The molecule has 1 saturated heterocycles. The Balaban J connectivity index is 1.59. The van der Waals surface area contributed by atoms with Crippen molar-refractivity contribution in [3.8, 4) is 11.5 Å². The standard InChI is InChI=1S/C21H24N2O4/c1-15-8-9-18(19(12-15)26-2)27-14-20(24)22-17-7-5-6-16(13-17)21(25)23-10-3-4-11-23/h5-9,12-13H,3-4,10-11,14H2,1-2H3,(H,22,24). The average Bonchev–Trinajstić information content (AvgIpc) is 3.21. The van der Waals surface area contributed by atoms with Gasteiger partial charge in [0, 0.05) is 24.3 Å². The number of hydrogen-bond donors (Lipinski definition) is 1. The maximum Gasteiger partial charge on any atom is 0.262 e. The number of methoxy groups -OCH3 is 1. The first-order valence-electron chi connectivity index (χ1n) is 9.03. The molecule has 0 spiro atoms. The molecule has 1 aliphatic rings. The van der Waals surface area contributed by atoms with E-state index in [9.17, 15) is 9.59 Å². The normalized spacial score (nSPS) is 13.3. The minimum atomic E-state index is -0.302. The molecule has 2 amide bonds. The fourth-order valence-electron chi connectivity index (χ4n) is 3.07. The fourth-order valence-corrected chi connectivity index (χ4v) is 3.07. The number of carbonyl (C=O) groups excluding carboxylic acids is 2. The van der Waals surface area contributed by atoms with Gasteiger partial charge in [-0.05, 0) is 55.7 Å². The number of benzene rings is 2. The second-order valence-electron chi connectivity index (χ2n) is 6.57. The fraction of sp³-hybridized carbons (Fsp3) is 0.333. The SMILES string of the molecule is COc1cc(C)ccc1OCC(=O)Nc1cccc(C(=O)N2CCCC2)c1. The first-order chi connectivity index (χ1) is 13.1. The lowest BCUT2D eigenvalue weighted by Gasteiger charge is -2.16. The molecule has 0 bridgehead atoms. The molecule has 6 nitrogen and oxygen atoms in total. The van der Waals surface area contributed by atoms with Gasteiger partial charge in [-0.1, -0.05) is 12.1 Å². The van der Waals surface area contributed by atoms with Crippen LogP contribution in [0.4, 0.5) is 5.69 Å². The molecule has 1 fully saturated rings. The third kappa shape index (κ3) is 4.78. The van der Waals surface area contributed by atoms with Crippen LogP contribution in [0.2, 0.25) is 0 Å². The topological polar surface area (TPSA) is 67.9 Å². The predicted octanol–water partition coefficient (Wildman–Crippen LogP) is 3.26. The summed E-state index contributed by atoms with van der Waals surface area (Å²) >= 11 is 0. The third-order valence-corrected chi connectivity index (χ3v) is 4.46. The minimum Gasteiger partial charge on any atom is -0.493 e. The van der Waals surface area contributed by atoms with E-state index < -0.39 is 0 Å². The predicted molar refractivity (Wildman–Crippen MR) is 103 cm³/mol. The molecule has 0 atom stereocenters. The summed E-state index contributed by atoms with van der Waals surface area (Å²) in [4.78, 5) is 26.5. The van der Waals surface area contributed by atoms with Gasteiger partial charge in [0.15, 0.2) is 18.1 Å². The summed E-state index contributed by atoms with van der Waals surface area (Å²) in [6, 6.07) is 12.5. The second kappa shape index (κ2) is 8.58. The highest BCUT2D eigenvalue weighted by Crippen LogP contribution is 2.27. The number of rotatable bonds is 6. The maximum absolute atomic E-state index is 12.5. The highest BCUT2D eigenvalue weighted by atomic mass is 16.5. The molecule has 2 aromatic carbocycles. The van der Waals surface area contributed by atoms with Gasteiger partial charge in [0.2, 0.25) is 0 Å². The highest BCUT2D eigenvalue weighted by molar-refractivity contribution is 5.97. The Morgan fingerprint density at radius 2 is 1.85 bits per heavy atom. The van der Waals surface area contributed by atoms with Crippen molar-refractivity contribution in [2.75, 3.05) is 32.1 Å². The Morgan fingerprint density at radius 3 is 2.59 bits per heavy atom. The minimum absolute atomic E-state index is 0.00393. The maximum atomic E-state index is 12.5. The lowest BCUT2D eigenvalue weighted by molar-refractivity contribution is -0.118. The van der Waals surface area contributed by atoms with Crippen LogP contribution in [0.1, 0.15) is 28.8 Å². The summed E-state index contributed by atoms with van der Waals surface area (Å²) in [5.41, 5.74) is 2.20. The van der Waals surface area contributed by atoms with Gasteiger partial charge in [-0.2, -0.15) is 0 Å². The Kier molecular flexibility index (Phi) is 5.96. The zero-order valence-electron chi connectivity index (χ0n) is 15.7. The molecule has 0 aromatic heterocycles. The van der Waals surface area contributed by atoms with Gasteiger partial charge >= 0.3 is 0 Å². The Labute approximate surface area is 159 Å². The van der Waals surface area contributed by atoms with E-state index >= 15 is 0 Å². The summed E-state index contributed by atoms with van der Waals surface area (Å²) in [6.07, 6.45) is 2.09. The lowest BCUT2D eigenvalue weighted by Crippen LogP contribution is -2.27. The van der Waals surface area contributed by atoms with Gasteiger partial charge in [-0.3, -0.25) is 9.59 Å². The van der Waals surface area contributed by atoms with Gasteiger partial charge in [0.05, 0.1) is 7.11 Å². The van der Waals surface area contributed by atoms with Crippen LogP contribution < -0.4 is 14.8 Å². The van der Waals surface area contributed by atoms with E-state index in [1.165, 1.54) is 0 Å². The van der Waals surface area contributed by atoms with E-state index in [0.717, 1.165) is 31.5 Å². The largest absolute Gasteiger partial charge is 0.493 e. The van der Waals surface area contributed by atoms with Crippen molar-refractivity contribution in [2.45, 2.75) is 19.8 Å². The number of anilines is 1. The van der Waals surface area contributed by atoms with Crippen LogP contribution >= 0.6 is 0 Å². The van der Waals surface area contributed by atoms with Crippen LogP contribution in [0.15, 0.2) is 42.5 Å². The Bertz CT molecular complexity index is 829. The molecule has 1 heterocycles.